The van der Waals surface area contributed by atoms with Crippen molar-refractivity contribution >= 4 is 5.97 Å². The van der Waals surface area contributed by atoms with E-state index < -0.39 is 5.60 Å². The second kappa shape index (κ2) is 4.97. The van der Waals surface area contributed by atoms with Crippen molar-refractivity contribution in [2.75, 3.05) is 6.61 Å². The van der Waals surface area contributed by atoms with Crippen LogP contribution in [0, 0.1) is 11.8 Å². The van der Waals surface area contributed by atoms with Crippen LogP contribution in [0.5, 0.6) is 0 Å². The van der Waals surface area contributed by atoms with Crippen molar-refractivity contribution in [1.29, 1.82) is 0 Å². The third-order valence-electron chi connectivity index (χ3n) is 3.65. The fourth-order valence-corrected chi connectivity index (χ4v) is 2.67. The van der Waals surface area contributed by atoms with Gasteiger partial charge in [-0.25, -0.2) is 0 Å². The lowest BCUT2D eigenvalue weighted by molar-refractivity contribution is -0.161. The van der Waals surface area contributed by atoms with Crippen LogP contribution in [0.25, 0.3) is 0 Å². The highest BCUT2D eigenvalue weighted by atomic mass is 16.5. The summed E-state index contributed by atoms with van der Waals surface area (Å²) in [6.07, 6.45) is 3.39. The van der Waals surface area contributed by atoms with Crippen LogP contribution in [0.15, 0.2) is 0 Å². The Morgan fingerprint density at radius 2 is 2.27 bits per heavy atom. The maximum Gasteiger partial charge on any atom is 0.311 e. The SMILES string of the molecule is CCOC(=O)C(CC)C1(O)CCCC1C. The Kier molecular flexibility index (Phi) is 4.14. The number of carbonyl (C=O) groups excluding carboxylic acids is 1. The van der Waals surface area contributed by atoms with Gasteiger partial charge in [-0.3, -0.25) is 4.79 Å². The normalized spacial score (nSPS) is 32.7. The van der Waals surface area contributed by atoms with Gasteiger partial charge in [-0.1, -0.05) is 20.3 Å². The average Bonchev–Trinajstić information content (AvgIpc) is 2.49. The lowest BCUT2D eigenvalue weighted by Gasteiger charge is -2.34. The van der Waals surface area contributed by atoms with Gasteiger partial charge in [-0.05, 0) is 32.1 Å². The van der Waals surface area contributed by atoms with Crippen molar-refractivity contribution in [3.8, 4) is 0 Å². The van der Waals surface area contributed by atoms with Gasteiger partial charge in [-0.15, -0.1) is 0 Å². The van der Waals surface area contributed by atoms with E-state index >= 15 is 0 Å². The lowest BCUT2D eigenvalue weighted by Crippen LogP contribution is -2.44. The first-order valence-electron chi connectivity index (χ1n) is 5.95. The molecule has 0 aromatic carbocycles. The van der Waals surface area contributed by atoms with Crippen LogP contribution in [0.4, 0.5) is 0 Å². The van der Waals surface area contributed by atoms with Gasteiger partial charge in [0.2, 0.25) is 0 Å². The Morgan fingerprint density at radius 3 is 2.67 bits per heavy atom. The molecule has 3 heteroatoms. The fourth-order valence-electron chi connectivity index (χ4n) is 2.67. The summed E-state index contributed by atoms with van der Waals surface area (Å²) < 4.78 is 5.02. The summed E-state index contributed by atoms with van der Waals surface area (Å²) in [7, 11) is 0. The molecule has 3 atom stereocenters. The summed E-state index contributed by atoms with van der Waals surface area (Å²) in [4.78, 5) is 11.7. The molecule has 0 aromatic rings. The molecule has 1 rings (SSSR count). The number of esters is 1. The van der Waals surface area contributed by atoms with E-state index in [1.807, 2.05) is 13.8 Å². The minimum atomic E-state index is -0.832. The van der Waals surface area contributed by atoms with Crippen LogP contribution in [-0.4, -0.2) is 23.3 Å². The van der Waals surface area contributed by atoms with Crippen LogP contribution in [0.1, 0.15) is 46.5 Å². The van der Waals surface area contributed by atoms with Gasteiger partial charge in [-0.2, -0.15) is 0 Å². The second-order valence-corrected chi connectivity index (χ2v) is 4.50. The van der Waals surface area contributed by atoms with E-state index in [9.17, 15) is 9.90 Å². The molecular formula is C12H22O3. The van der Waals surface area contributed by atoms with Crippen molar-refractivity contribution in [2.24, 2.45) is 11.8 Å². The third-order valence-corrected chi connectivity index (χ3v) is 3.65. The first-order chi connectivity index (χ1) is 7.06. The highest BCUT2D eigenvalue weighted by Gasteiger charge is 2.47. The summed E-state index contributed by atoms with van der Waals surface area (Å²) >= 11 is 0. The zero-order valence-corrected chi connectivity index (χ0v) is 9.95. The first-order valence-corrected chi connectivity index (χ1v) is 5.95. The smallest absolute Gasteiger partial charge is 0.311 e. The molecule has 0 saturated heterocycles. The third kappa shape index (κ3) is 2.33. The van der Waals surface area contributed by atoms with Crippen LogP contribution in [0.3, 0.4) is 0 Å². The molecule has 3 nitrogen and oxygen atoms in total. The number of hydrogen-bond donors (Lipinski definition) is 1. The van der Waals surface area contributed by atoms with Gasteiger partial charge in [0.1, 0.15) is 0 Å². The Bertz CT molecular complexity index is 227. The summed E-state index contributed by atoms with van der Waals surface area (Å²) in [5, 5.41) is 10.5. The average molecular weight is 214 g/mol. The highest BCUT2D eigenvalue weighted by Crippen LogP contribution is 2.42. The predicted molar refractivity (Wildman–Crippen MR) is 58.4 cm³/mol. The number of hydrogen-bond acceptors (Lipinski definition) is 3. The van der Waals surface area contributed by atoms with Crippen molar-refractivity contribution in [3.63, 3.8) is 0 Å². The van der Waals surface area contributed by atoms with Crippen molar-refractivity contribution < 1.29 is 14.6 Å². The maximum absolute atomic E-state index is 11.7. The topological polar surface area (TPSA) is 46.5 Å². The number of rotatable bonds is 4. The molecule has 0 aliphatic heterocycles. The predicted octanol–water partition coefficient (Wildman–Crippen LogP) is 2.13. The highest BCUT2D eigenvalue weighted by molar-refractivity contribution is 5.74. The molecule has 3 unspecified atom stereocenters. The van der Waals surface area contributed by atoms with Gasteiger partial charge in [0.05, 0.1) is 18.1 Å². The zero-order chi connectivity index (χ0) is 11.5. The Labute approximate surface area is 91.8 Å². The van der Waals surface area contributed by atoms with Crippen LogP contribution in [0.2, 0.25) is 0 Å². The molecular weight excluding hydrogens is 192 g/mol. The molecule has 0 amide bonds. The first kappa shape index (κ1) is 12.5. The Balaban J connectivity index is 2.76. The molecule has 0 heterocycles. The summed E-state index contributed by atoms with van der Waals surface area (Å²) in [5.74, 6) is -0.391. The quantitative estimate of drug-likeness (QED) is 0.729. The molecule has 1 N–H and O–H groups in total. The van der Waals surface area contributed by atoms with Crippen LogP contribution >= 0.6 is 0 Å². The van der Waals surface area contributed by atoms with Crippen molar-refractivity contribution in [3.05, 3.63) is 0 Å². The monoisotopic (exact) mass is 214 g/mol. The number of aliphatic hydroxyl groups is 1. The Hall–Kier alpha value is -0.570. The molecule has 0 radical (unpaired) electrons. The van der Waals surface area contributed by atoms with E-state index in [0.717, 1.165) is 19.3 Å². The molecule has 15 heavy (non-hydrogen) atoms. The number of carbonyl (C=O) groups is 1. The maximum atomic E-state index is 11.7. The zero-order valence-electron chi connectivity index (χ0n) is 9.95. The van der Waals surface area contributed by atoms with E-state index in [-0.39, 0.29) is 17.8 Å². The summed E-state index contributed by atoms with van der Waals surface area (Å²) in [5.41, 5.74) is -0.832. The molecule has 1 fully saturated rings. The summed E-state index contributed by atoms with van der Waals surface area (Å²) in [6.45, 7) is 6.14. The molecule has 1 aliphatic carbocycles. The minimum absolute atomic E-state index is 0.201. The van der Waals surface area contributed by atoms with Gasteiger partial charge in [0, 0.05) is 0 Å². The van der Waals surface area contributed by atoms with E-state index in [2.05, 4.69) is 0 Å². The van der Waals surface area contributed by atoms with Crippen molar-refractivity contribution in [2.45, 2.75) is 52.1 Å². The lowest BCUT2D eigenvalue weighted by atomic mass is 9.78. The largest absolute Gasteiger partial charge is 0.466 e. The molecule has 88 valence electrons. The minimum Gasteiger partial charge on any atom is -0.466 e. The number of ether oxygens (including phenoxy) is 1. The van der Waals surface area contributed by atoms with Gasteiger partial charge < -0.3 is 9.84 Å². The van der Waals surface area contributed by atoms with E-state index in [4.69, 9.17) is 4.74 Å². The van der Waals surface area contributed by atoms with Gasteiger partial charge >= 0.3 is 5.97 Å². The summed E-state index contributed by atoms with van der Waals surface area (Å²) in [6, 6.07) is 0. The molecule has 0 aromatic heterocycles. The second-order valence-electron chi connectivity index (χ2n) is 4.50. The van der Waals surface area contributed by atoms with E-state index in [0.29, 0.717) is 13.0 Å². The molecule has 1 aliphatic rings. The van der Waals surface area contributed by atoms with Crippen molar-refractivity contribution in [1.82, 2.24) is 0 Å². The van der Waals surface area contributed by atoms with Gasteiger partial charge in [0.25, 0.3) is 0 Å². The molecule has 0 bridgehead atoms. The van der Waals surface area contributed by atoms with Crippen LogP contribution in [-0.2, 0) is 9.53 Å². The molecule has 0 spiro atoms. The van der Waals surface area contributed by atoms with E-state index in [1.54, 1.807) is 6.92 Å². The van der Waals surface area contributed by atoms with E-state index in [1.165, 1.54) is 0 Å². The standard InChI is InChI=1S/C12H22O3/c1-4-10(11(13)15-5-2)12(14)8-6-7-9(12)3/h9-10,14H,4-8H2,1-3H3. The van der Waals surface area contributed by atoms with Gasteiger partial charge in [0.15, 0.2) is 0 Å². The Morgan fingerprint density at radius 1 is 1.60 bits per heavy atom. The molecule has 1 saturated carbocycles. The van der Waals surface area contributed by atoms with Crippen LogP contribution < -0.4 is 0 Å². The fraction of sp³-hybridized carbons (Fsp3) is 0.917.